The average molecular weight is 415 g/mol. The fourth-order valence-corrected chi connectivity index (χ4v) is 5.74. The van der Waals surface area contributed by atoms with Gasteiger partial charge in [0.25, 0.3) is 0 Å². The van der Waals surface area contributed by atoms with Gasteiger partial charge in [-0.15, -0.1) is 0 Å². The summed E-state index contributed by atoms with van der Waals surface area (Å²) >= 11 is 0. The Bertz CT molecular complexity index is 1170. The lowest BCUT2D eigenvalue weighted by atomic mass is 9.82. The summed E-state index contributed by atoms with van der Waals surface area (Å²) < 4.78 is 2.25. The fourth-order valence-electron chi connectivity index (χ4n) is 5.74. The van der Waals surface area contributed by atoms with Crippen molar-refractivity contribution in [2.75, 3.05) is 13.1 Å². The zero-order valence-corrected chi connectivity index (χ0v) is 18.5. The minimum Gasteiger partial charge on any atom is -0.345 e. The second kappa shape index (κ2) is 7.16. The number of aromatic amines is 1. The Morgan fingerprint density at radius 3 is 2.97 bits per heavy atom. The van der Waals surface area contributed by atoms with Gasteiger partial charge in [-0.05, 0) is 63.3 Å². The largest absolute Gasteiger partial charge is 0.345 e. The molecule has 1 atom stereocenters. The normalized spacial score (nSPS) is 22.4. The summed E-state index contributed by atoms with van der Waals surface area (Å²) in [4.78, 5) is 15.6. The monoisotopic (exact) mass is 414 g/mol. The number of hydrogen-bond acceptors (Lipinski definition) is 4. The van der Waals surface area contributed by atoms with E-state index in [2.05, 4.69) is 52.7 Å². The number of imidazole rings is 1. The Morgan fingerprint density at radius 2 is 2.10 bits per heavy atom. The van der Waals surface area contributed by atoms with Crippen LogP contribution in [0, 0.1) is 6.92 Å². The van der Waals surface area contributed by atoms with Crippen LogP contribution in [0.15, 0.2) is 24.4 Å². The van der Waals surface area contributed by atoms with E-state index in [1.54, 1.807) is 0 Å². The summed E-state index contributed by atoms with van der Waals surface area (Å²) in [6.45, 7) is 8.43. The van der Waals surface area contributed by atoms with Crippen molar-refractivity contribution in [2.45, 2.75) is 64.5 Å². The predicted octanol–water partition coefficient (Wildman–Crippen LogP) is 4.05. The highest BCUT2D eigenvalue weighted by Gasteiger charge is 2.45. The van der Waals surface area contributed by atoms with E-state index in [0.717, 1.165) is 62.5 Å². The third kappa shape index (κ3) is 3.16. The van der Waals surface area contributed by atoms with Crippen molar-refractivity contribution >= 4 is 6.08 Å². The maximum atomic E-state index is 4.98. The number of aromatic nitrogens is 5. The SMILES string of the molecule is CCc1nc(CN2CCC3(CCn4nc(-c5cnc6c(c5)C=CCC6)cc43)C2)[nH]c1C. The highest BCUT2D eigenvalue weighted by Crippen LogP contribution is 2.44. The van der Waals surface area contributed by atoms with E-state index >= 15 is 0 Å². The molecule has 1 saturated heterocycles. The number of nitrogens with one attached hydrogen (secondary N) is 1. The number of likely N-dealkylation sites (tertiary alicyclic amines) is 1. The van der Waals surface area contributed by atoms with Crippen LogP contribution < -0.4 is 0 Å². The van der Waals surface area contributed by atoms with Crippen LogP contribution in [0.5, 0.6) is 0 Å². The standard InChI is InChI=1S/C25H30N6/c1-3-20-17(2)27-24(28-20)15-30-10-8-25(16-30)9-11-31-23(25)13-22(29-31)19-12-18-6-4-5-7-21(18)26-14-19/h4,6,12-14H,3,5,7-11,15-16H2,1-2H3,(H,27,28). The summed E-state index contributed by atoms with van der Waals surface area (Å²) in [6, 6.07) is 4.59. The number of nitrogens with zero attached hydrogens (tertiary/aromatic N) is 5. The van der Waals surface area contributed by atoms with Crippen molar-refractivity contribution in [1.82, 2.24) is 29.6 Å². The molecule has 0 amide bonds. The molecular weight excluding hydrogens is 384 g/mol. The molecule has 1 aliphatic carbocycles. The lowest BCUT2D eigenvalue weighted by Gasteiger charge is -2.23. The van der Waals surface area contributed by atoms with Crippen molar-refractivity contribution in [1.29, 1.82) is 0 Å². The molecule has 0 saturated carbocycles. The Labute approximate surface area is 183 Å². The predicted molar refractivity (Wildman–Crippen MR) is 122 cm³/mol. The molecule has 2 aliphatic heterocycles. The summed E-state index contributed by atoms with van der Waals surface area (Å²) in [5.74, 6) is 1.10. The molecule has 31 heavy (non-hydrogen) atoms. The molecule has 1 spiro atoms. The Morgan fingerprint density at radius 1 is 1.19 bits per heavy atom. The van der Waals surface area contributed by atoms with Gasteiger partial charge < -0.3 is 4.98 Å². The van der Waals surface area contributed by atoms with Crippen LogP contribution in [0.4, 0.5) is 0 Å². The first kappa shape index (κ1) is 19.0. The molecule has 6 nitrogen and oxygen atoms in total. The van der Waals surface area contributed by atoms with Gasteiger partial charge in [-0.2, -0.15) is 5.10 Å². The van der Waals surface area contributed by atoms with Crippen LogP contribution in [0.25, 0.3) is 17.3 Å². The molecule has 3 aliphatic rings. The molecule has 3 aromatic rings. The van der Waals surface area contributed by atoms with Gasteiger partial charge in [-0.25, -0.2) is 4.98 Å². The fraction of sp³-hybridized carbons (Fsp3) is 0.480. The zero-order chi connectivity index (χ0) is 21.0. The first-order valence-electron chi connectivity index (χ1n) is 11.6. The average Bonchev–Trinajstić information content (AvgIpc) is 3.54. The summed E-state index contributed by atoms with van der Waals surface area (Å²) in [5.41, 5.74) is 8.69. The Balaban J connectivity index is 1.24. The van der Waals surface area contributed by atoms with Crippen molar-refractivity contribution < 1.29 is 0 Å². The molecule has 6 heteroatoms. The van der Waals surface area contributed by atoms with Crippen LogP contribution in [0.3, 0.4) is 0 Å². The quantitative estimate of drug-likeness (QED) is 0.700. The minimum atomic E-state index is 0.224. The van der Waals surface area contributed by atoms with E-state index in [1.807, 2.05) is 6.20 Å². The smallest absolute Gasteiger partial charge is 0.120 e. The van der Waals surface area contributed by atoms with E-state index in [4.69, 9.17) is 15.1 Å². The maximum Gasteiger partial charge on any atom is 0.120 e. The molecule has 0 radical (unpaired) electrons. The second-order valence-corrected chi connectivity index (χ2v) is 9.44. The number of hydrogen-bond donors (Lipinski definition) is 1. The number of pyridine rings is 1. The number of rotatable bonds is 4. The molecule has 6 rings (SSSR count). The van der Waals surface area contributed by atoms with Gasteiger partial charge in [0.05, 0.1) is 17.9 Å². The third-order valence-electron chi connectivity index (χ3n) is 7.45. The number of aryl methyl sites for hydroxylation is 4. The Hall–Kier alpha value is -2.73. The maximum absolute atomic E-state index is 4.98. The van der Waals surface area contributed by atoms with Crippen molar-refractivity contribution in [2.24, 2.45) is 0 Å². The summed E-state index contributed by atoms with van der Waals surface area (Å²) in [5, 5.41) is 4.98. The van der Waals surface area contributed by atoms with Crippen LogP contribution in [-0.4, -0.2) is 42.7 Å². The summed E-state index contributed by atoms with van der Waals surface area (Å²) in [6.07, 6.45) is 12.0. The number of fused-ring (bicyclic) bond motifs is 3. The van der Waals surface area contributed by atoms with E-state index in [1.165, 1.54) is 41.2 Å². The molecule has 160 valence electrons. The van der Waals surface area contributed by atoms with Gasteiger partial charge in [0, 0.05) is 47.3 Å². The van der Waals surface area contributed by atoms with Crippen molar-refractivity contribution in [3.63, 3.8) is 0 Å². The van der Waals surface area contributed by atoms with Crippen LogP contribution in [0.1, 0.15) is 60.3 Å². The van der Waals surface area contributed by atoms with Gasteiger partial charge >= 0.3 is 0 Å². The lowest BCUT2D eigenvalue weighted by Crippen LogP contribution is -2.29. The van der Waals surface area contributed by atoms with E-state index in [9.17, 15) is 0 Å². The number of H-pyrrole nitrogens is 1. The first-order chi connectivity index (χ1) is 15.1. The van der Waals surface area contributed by atoms with E-state index in [0.29, 0.717) is 0 Å². The highest BCUT2D eigenvalue weighted by atomic mass is 15.3. The van der Waals surface area contributed by atoms with Gasteiger partial charge in [-0.3, -0.25) is 14.6 Å². The van der Waals surface area contributed by atoms with Crippen molar-refractivity contribution in [3.05, 3.63) is 58.6 Å². The summed E-state index contributed by atoms with van der Waals surface area (Å²) in [7, 11) is 0. The minimum absolute atomic E-state index is 0.224. The molecular formula is C25H30N6. The van der Waals surface area contributed by atoms with E-state index in [-0.39, 0.29) is 5.41 Å². The molecule has 1 fully saturated rings. The molecule has 0 aromatic carbocycles. The topological polar surface area (TPSA) is 62.6 Å². The molecule has 3 aromatic heterocycles. The second-order valence-electron chi connectivity index (χ2n) is 9.44. The van der Waals surface area contributed by atoms with Crippen molar-refractivity contribution in [3.8, 4) is 11.3 Å². The van der Waals surface area contributed by atoms with E-state index < -0.39 is 0 Å². The first-order valence-corrected chi connectivity index (χ1v) is 11.6. The molecule has 1 unspecified atom stereocenters. The Kier molecular flexibility index (Phi) is 4.39. The molecule has 0 bridgehead atoms. The van der Waals surface area contributed by atoms with Crippen LogP contribution in [0.2, 0.25) is 0 Å². The molecule has 5 heterocycles. The zero-order valence-electron chi connectivity index (χ0n) is 18.5. The van der Waals surface area contributed by atoms with Crippen LogP contribution >= 0.6 is 0 Å². The van der Waals surface area contributed by atoms with Gasteiger partial charge in [0.2, 0.25) is 0 Å². The third-order valence-corrected chi connectivity index (χ3v) is 7.45. The molecule has 1 N–H and O–H groups in total. The number of allylic oxidation sites excluding steroid dienone is 1. The van der Waals surface area contributed by atoms with Gasteiger partial charge in [-0.1, -0.05) is 19.1 Å². The van der Waals surface area contributed by atoms with Gasteiger partial charge in [0.15, 0.2) is 0 Å². The highest BCUT2D eigenvalue weighted by molar-refractivity contribution is 5.66. The van der Waals surface area contributed by atoms with Gasteiger partial charge in [0.1, 0.15) is 5.82 Å². The lowest BCUT2D eigenvalue weighted by molar-refractivity contribution is 0.295. The van der Waals surface area contributed by atoms with Crippen LogP contribution in [-0.2, 0) is 31.3 Å².